The molecule has 0 bridgehead atoms. The Morgan fingerprint density at radius 3 is 2.74 bits per heavy atom. The van der Waals surface area contributed by atoms with Crippen molar-refractivity contribution < 1.29 is 9.18 Å². The predicted octanol–water partition coefficient (Wildman–Crippen LogP) is 3.26. The largest absolute Gasteiger partial charge is 0.322 e. The molecule has 0 saturated carbocycles. The van der Waals surface area contributed by atoms with Gasteiger partial charge in [-0.05, 0) is 42.8 Å². The van der Waals surface area contributed by atoms with Gasteiger partial charge >= 0.3 is 0 Å². The number of hydrogen-bond acceptors (Lipinski definition) is 2. The molecule has 94 valence electrons. The molecule has 0 aliphatic rings. The van der Waals surface area contributed by atoms with E-state index in [1.54, 1.807) is 6.07 Å². The summed E-state index contributed by atoms with van der Waals surface area (Å²) in [6, 6.07) is 12.6. The zero-order valence-corrected chi connectivity index (χ0v) is 10.3. The first-order valence-electron chi connectivity index (χ1n) is 5.67. The summed E-state index contributed by atoms with van der Waals surface area (Å²) < 4.78 is 13.2. The van der Waals surface area contributed by atoms with Gasteiger partial charge in [-0.25, -0.2) is 4.39 Å². The minimum Gasteiger partial charge on any atom is -0.322 e. The Hall–Kier alpha value is -2.67. The van der Waals surface area contributed by atoms with Gasteiger partial charge in [0.05, 0.1) is 11.6 Å². The van der Waals surface area contributed by atoms with Gasteiger partial charge in [0.15, 0.2) is 0 Å². The Kier molecular flexibility index (Phi) is 3.58. The molecule has 1 N–H and O–H groups in total. The van der Waals surface area contributed by atoms with Gasteiger partial charge in [0.2, 0.25) is 0 Å². The lowest BCUT2D eigenvalue weighted by atomic mass is 10.1. The molecule has 0 unspecified atom stereocenters. The Balaban J connectivity index is 2.25. The molecule has 0 aromatic heterocycles. The smallest absolute Gasteiger partial charge is 0.255 e. The molecule has 0 atom stereocenters. The van der Waals surface area contributed by atoms with Gasteiger partial charge in [-0.1, -0.05) is 12.1 Å². The van der Waals surface area contributed by atoms with Crippen molar-refractivity contribution in [1.82, 2.24) is 0 Å². The van der Waals surface area contributed by atoms with E-state index in [-0.39, 0.29) is 11.1 Å². The molecule has 0 aliphatic heterocycles. The lowest BCUT2D eigenvalue weighted by Crippen LogP contribution is -2.12. The van der Waals surface area contributed by atoms with Crippen LogP contribution in [0.25, 0.3) is 0 Å². The van der Waals surface area contributed by atoms with Crippen molar-refractivity contribution >= 4 is 11.6 Å². The third-order valence-electron chi connectivity index (χ3n) is 2.57. The van der Waals surface area contributed by atoms with E-state index < -0.39 is 11.7 Å². The van der Waals surface area contributed by atoms with E-state index in [1.807, 2.05) is 31.2 Å². The first-order valence-corrected chi connectivity index (χ1v) is 5.67. The fraction of sp³-hybridized carbons (Fsp3) is 0.0667. The number of benzene rings is 2. The Morgan fingerprint density at radius 1 is 1.26 bits per heavy atom. The maximum absolute atomic E-state index is 13.2. The van der Waals surface area contributed by atoms with Crippen LogP contribution in [0.4, 0.5) is 10.1 Å². The van der Waals surface area contributed by atoms with Gasteiger partial charge < -0.3 is 5.32 Å². The van der Waals surface area contributed by atoms with Gasteiger partial charge in [0.1, 0.15) is 5.82 Å². The van der Waals surface area contributed by atoms with Crippen molar-refractivity contribution in [3.63, 3.8) is 0 Å². The van der Waals surface area contributed by atoms with E-state index in [9.17, 15) is 9.18 Å². The third kappa shape index (κ3) is 3.17. The zero-order chi connectivity index (χ0) is 13.8. The highest BCUT2D eigenvalue weighted by molar-refractivity contribution is 6.04. The average molecular weight is 254 g/mol. The molecule has 4 heteroatoms. The fourth-order valence-corrected chi connectivity index (χ4v) is 1.71. The maximum Gasteiger partial charge on any atom is 0.255 e. The molecule has 3 nitrogen and oxygen atoms in total. The van der Waals surface area contributed by atoms with Crippen LogP contribution in [-0.4, -0.2) is 5.91 Å². The molecule has 19 heavy (non-hydrogen) atoms. The molecule has 2 rings (SSSR count). The summed E-state index contributed by atoms with van der Waals surface area (Å²) in [5, 5.41) is 11.4. The van der Waals surface area contributed by atoms with Crippen LogP contribution in [0, 0.1) is 24.1 Å². The van der Waals surface area contributed by atoms with Gasteiger partial charge in [-0.2, -0.15) is 5.26 Å². The number of amides is 1. The highest BCUT2D eigenvalue weighted by Gasteiger charge is 2.09. The topological polar surface area (TPSA) is 52.9 Å². The molecule has 2 aromatic rings. The number of aryl methyl sites for hydroxylation is 1. The second kappa shape index (κ2) is 5.32. The minimum atomic E-state index is -0.603. The van der Waals surface area contributed by atoms with Crippen LogP contribution in [0.3, 0.4) is 0 Å². The van der Waals surface area contributed by atoms with Gasteiger partial charge in [0.25, 0.3) is 5.91 Å². The summed E-state index contributed by atoms with van der Waals surface area (Å²) in [6.45, 7) is 1.91. The molecule has 0 spiro atoms. The summed E-state index contributed by atoms with van der Waals surface area (Å²) in [7, 11) is 0. The lowest BCUT2D eigenvalue weighted by molar-refractivity contribution is 0.102. The molecule has 0 fully saturated rings. The fourth-order valence-electron chi connectivity index (χ4n) is 1.71. The van der Waals surface area contributed by atoms with E-state index in [4.69, 9.17) is 5.26 Å². The molecule has 1 amide bonds. The molecule has 2 aromatic carbocycles. The normalized spacial score (nSPS) is 9.74. The van der Waals surface area contributed by atoms with Crippen LogP contribution >= 0.6 is 0 Å². The second-order valence-corrected chi connectivity index (χ2v) is 4.16. The van der Waals surface area contributed by atoms with Crippen LogP contribution in [0.1, 0.15) is 21.5 Å². The predicted molar refractivity (Wildman–Crippen MR) is 70.2 cm³/mol. The number of halogens is 1. The molecule has 0 saturated heterocycles. The highest BCUT2D eigenvalue weighted by Crippen LogP contribution is 2.13. The summed E-state index contributed by atoms with van der Waals surface area (Å²) in [4.78, 5) is 12.0. The van der Waals surface area contributed by atoms with Gasteiger partial charge in [-0.15, -0.1) is 0 Å². The zero-order valence-electron chi connectivity index (χ0n) is 10.3. The van der Waals surface area contributed by atoms with Crippen LogP contribution < -0.4 is 5.32 Å². The Bertz CT molecular complexity index is 674. The summed E-state index contributed by atoms with van der Waals surface area (Å²) in [5.41, 5.74) is 1.88. The van der Waals surface area contributed by atoms with E-state index in [2.05, 4.69) is 5.32 Å². The lowest BCUT2D eigenvalue weighted by Gasteiger charge is -2.06. The molecular formula is C15H11FN2O. The van der Waals surface area contributed by atoms with E-state index in [0.717, 1.165) is 17.7 Å². The van der Waals surface area contributed by atoms with Crippen molar-refractivity contribution in [3.8, 4) is 6.07 Å². The van der Waals surface area contributed by atoms with E-state index in [1.165, 1.54) is 6.07 Å². The summed E-state index contributed by atoms with van der Waals surface area (Å²) in [6.07, 6.45) is 0. The Labute approximate surface area is 110 Å². The minimum absolute atomic E-state index is 0.120. The van der Waals surface area contributed by atoms with Crippen LogP contribution in [0.15, 0.2) is 42.5 Å². The first-order chi connectivity index (χ1) is 9.08. The van der Waals surface area contributed by atoms with E-state index in [0.29, 0.717) is 5.69 Å². The quantitative estimate of drug-likeness (QED) is 0.894. The van der Waals surface area contributed by atoms with Crippen LogP contribution in [0.2, 0.25) is 0 Å². The Morgan fingerprint density at radius 2 is 2.05 bits per heavy atom. The van der Waals surface area contributed by atoms with Crippen molar-refractivity contribution in [2.75, 3.05) is 5.32 Å². The van der Waals surface area contributed by atoms with Crippen molar-refractivity contribution in [1.29, 1.82) is 5.26 Å². The molecule has 0 radical (unpaired) electrons. The summed E-state index contributed by atoms with van der Waals surface area (Å²) in [5.74, 6) is -1.05. The number of nitrogens with zero attached hydrogens (tertiary/aromatic N) is 1. The van der Waals surface area contributed by atoms with Gasteiger partial charge in [-0.3, -0.25) is 4.79 Å². The maximum atomic E-state index is 13.2. The third-order valence-corrected chi connectivity index (χ3v) is 2.57. The van der Waals surface area contributed by atoms with Crippen molar-refractivity contribution in [2.45, 2.75) is 6.92 Å². The standard InChI is InChI=1S/C15H11FN2O/c1-10-3-2-4-14(5-10)18-15(19)12-6-11(9-17)7-13(16)8-12/h2-8H,1H3,(H,18,19). The van der Waals surface area contributed by atoms with Crippen molar-refractivity contribution in [2.24, 2.45) is 0 Å². The highest BCUT2D eigenvalue weighted by atomic mass is 19.1. The average Bonchev–Trinajstić information content (AvgIpc) is 2.38. The number of nitrogens with one attached hydrogen (secondary N) is 1. The number of carbonyl (C=O) groups excluding carboxylic acids is 1. The summed E-state index contributed by atoms with van der Waals surface area (Å²) >= 11 is 0. The van der Waals surface area contributed by atoms with Crippen LogP contribution in [0.5, 0.6) is 0 Å². The number of carbonyl (C=O) groups is 1. The van der Waals surface area contributed by atoms with Gasteiger partial charge in [0, 0.05) is 11.3 Å². The van der Waals surface area contributed by atoms with Crippen molar-refractivity contribution in [3.05, 3.63) is 65.0 Å². The molecule has 0 heterocycles. The number of anilines is 1. The molecule has 0 aliphatic carbocycles. The monoisotopic (exact) mass is 254 g/mol. The number of rotatable bonds is 2. The SMILES string of the molecule is Cc1cccc(NC(=O)c2cc(F)cc(C#N)c2)c1. The number of nitriles is 1. The first kappa shape index (κ1) is 12.8. The molecular weight excluding hydrogens is 243 g/mol. The number of hydrogen-bond donors (Lipinski definition) is 1. The van der Waals surface area contributed by atoms with Crippen LogP contribution in [-0.2, 0) is 0 Å². The van der Waals surface area contributed by atoms with E-state index >= 15 is 0 Å². The second-order valence-electron chi connectivity index (χ2n) is 4.16.